The van der Waals surface area contributed by atoms with Crippen LogP contribution in [0.25, 0.3) is 0 Å². The maximum atomic E-state index is 12.6. The summed E-state index contributed by atoms with van der Waals surface area (Å²) in [5.74, 6) is 4.57. The molecule has 0 aromatic heterocycles. The first-order valence-electron chi connectivity index (χ1n) is 14.2. The van der Waals surface area contributed by atoms with Crippen LogP contribution in [-0.2, 0) is 9.53 Å². The Labute approximate surface area is 213 Å². The fourth-order valence-corrected chi connectivity index (χ4v) is 9.19. The van der Waals surface area contributed by atoms with Crippen molar-refractivity contribution >= 4 is 17.6 Å². The second kappa shape index (κ2) is 10.1. The molecule has 34 heavy (non-hydrogen) atoms. The van der Waals surface area contributed by atoms with Gasteiger partial charge in [-0.3, -0.25) is 0 Å². The highest BCUT2D eigenvalue weighted by Gasteiger charge is 2.60. The molecule has 3 saturated carbocycles. The predicted molar refractivity (Wildman–Crippen MR) is 140 cm³/mol. The summed E-state index contributed by atoms with van der Waals surface area (Å²) in [5, 5.41) is 11.1. The minimum Gasteiger partial charge on any atom is -0.462 e. The van der Waals surface area contributed by atoms with Gasteiger partial charge in [0.2, 0.25) is 0 Å². The van der Waals surface area contributed by atoms with Gasteiger partial charge in [-0.15, -0.1) is 11.6 Å². The van der Waals surface area contributed by atoms with Gasteiger partial charge in [-0.05, 0) is 91.3 Å². The molecule has 0 amide bonds. The largest absolute Gasteiger partial charge is 0.462 e. The van der Waals surface area contributed by atoms with Crippen LogP contribution in [0, 0.1) is 46.3 Å². The molecule has 0 aromatic carbocycles. The van der Waals surface area contributed by atoms with Crippen LogP contribution in [0.1, 0.15) is 105 Å². The molecule has 0 spiro atoms. The van der Waals surface area contributed by atoms with Gasteiger partial charge in [0.05, 0.1) is 5.88 Å². The lowest BCUT2D eigenvalue weighted by molar-refractivity contribution is -0.170. The van der Waals surface area contributed by atoms with Gasteiger partial charge in [0.1, 0.15) is 6.61 Å². The summed E-state index contributed by atoms with van der Waals surface area (Å²) in [6, 6.07) is 0. The lowest BCUT2D eigenvalue weighted by Gasteiger charge is -2.59. The number of hydrogen-bond acceptors (Lipinski definition) is 3. The molecule has 0 aliphatic heterocycles. The molecule has 1 N–H and O–H groups in total. The normalized spacial score (nSPS) is 42.4. The molecule has 4 aliphatic rings. The average molecular weight is 493 g/mol. The molecule has 3 fully saturated rings. The first-order valence-corrected chi connectivity index (χ1v) is 14.7. The van der Waals surface area contributed by atoms with Crippen LogP contribution >= 0.6 is 11.6 Å². The third-order valence-corrected chi connectivity index (χ3v) is 11.2. The lowest BCUT2D eigenvalue weighted by Crippen LogP contribution is -2.54. The number of ether oxygens (including phenoxy) is 1. The van der Waals surface area contributed by atoms with Crippen LogP contribution in [0.5, 0.6) is 0 Å². The third kappa shape index (κ3) is 4.62. The zero-order valence-electron chi connectivity index (χ0n) is 22.4. The quantitative estimate of drug-likeness (QED) is 0.216. The van der Waals surface area contributed by atoms with E-state index in [1.54, 1.807) is 0 Å². The molecule has 194 valence electrons. The number of halogens is 1. The van der Waals surface area contributed by atoms with Crippen molar-refractivity contribution in [3.05, 3.63) is 11.6 Å². The number of alkyl halides is 1. The van der Waals surface area contributed by atoms with Crippen molar-refractivity contribution in [2.45, 2.75) is 111 Å². The van der Waals surface area contributed by atoms with Gasteiger partial charge in [-0.2, -0.15) is 0 Å². The molecular formula is C30H49ClO3. The summed E-state index contributed by atoms with van der Waals surface area (Å²) in [7, 11) is 0. The minimum absolute atomic E-state index is 0.115. The molecule has 4 heteroatoms. The molecular weight excluding hydrogens is 444 g/mol. The number of rotatable bonds is 8. The first kappa shape index (κ1) is 26.5. The number of hydrogen-bond donors (Lipinski definition) is 1. The van der Waals surface area contributed by atoms with Crippen molar-refractivity contribution in [2.24, 2.45) is 46.3 Å². The Bertz CT molecular complexity index is 777. The van der Waals surface area contributed by atoms with E-state index < -0.39 is 11.6 Å². The fourth-order valence-electron chi connectivity index (χ4n) is 9.11. The van der Waals surface area contributed by atoms with Gasteiger partial charge in [-0.1, -0.05) is 65.5 Å². The Morgan fingerprint density at radius 3 is 2.59 bits per heavy atom. The summed E-state index contributed by atoms with van der Waals surface area (Å²) in [6.45, 7) is 12.5. The van der Waals surface area contributed by atoms with E-state index in [1.807, 2.05) is 0 Å². The van der Waals surface area contributed by atoms with Gasteiger partial charge in [0.25, 0.3) is 0 Å². The van der Waals surface area contributed by atoms with Crippen molar-refractivity contribution in [3.63, 3.8) is 0 Å². The van der Waals surface area contributed by atoms with Crippen molar-refractivity contribution in [1.29, 1.82) is 0 Å². The van der Waals surface area contributed by atoms with Crippen molar-refractivity contribution in [3.8, 4) is 0 Å². The summed E-state index contributed by atoms with van der Waals surface area (Å²) in [5.41, 5.74) is 0.535. The first-order chi connectivity index (χ1) is 16.0. The molecule has 8 atom stereocenters. The highest BCUT2D eigenvalue weighted by molar-refractivity contribution is 6.18. The van der Waals surface area contributed by atoms with Gasteiger partial charge in [0, 0.05) is 6.42 Å². The van der Waals surface area contributed by atoms with E-state index in [0.29, 0.717) is 24.2 Å². The van der Waals surface area contributed by atoms with Crippen molar-refractivity contribution in [1.82, 2.24) is 0 Å². The van der Waals surface area contributed by atoms with Crippen molar-refractivity contribution < 1.29 is 14.6 Å². The summed E-state index contributed by atoms with van der Waals surface area (Å²) >= 11 is 5.69. The zero-order valence-corrected chi connectivity index (χ0v) is 23.1. The van der Waals surface area contributed by atoms with E-state index in [4.69, 9.17) is 16.3 Å². The van der Waals surface area contributed by atoms with Crippen LogP contribution in [0.3, 0.4) is 0 Å². The topological polar surface area (TPSA) is 46.5 Å². The molecule has 0 heterocycles. The highest BCUT2D eigenvalue weighted by Crippen LogP contribution is 2.67. The Morgan fingerprint density at radius 1 is 1.12 bits per heavy atom. The maximum Gasteiger partial charge on any atom is 0.338 e. The van der Waals surface area contributed by atoms with Crippen LogP contribution in [0.2, 0.25) is 0 Å². The maximum absolute atomic E-state index is 12.6. The van der Waals surface area contributed by atoms with Crippen LogP contribution in [0.4, 0.5) is 0 Å². The van der Waals surface area contributed by atoms with Crippen molar-refractivity contribution in [2.75, 3.05) is 12.5 Å². The number of carbonyl (C=O) groups excluding carboxylic acids is 1. The van der Waals surface area contributed by atoms with Gasteiger partial charge < -0.3 is 9.84 Å². The number of esters is 1. The summed E-state index contributed by atoms with van der Waals surface area (Å²) in [4.78, 5) is 12.6. The second-order valence-corrected chi connectivity index (χ2v) is 13.7. The van der Waals surface area contributed by atoms with E-state index in [-0.39, 0.29) is 17.9 Å². The highest BCUT2D eigenvalue weighted by atomic mass is 35.5. The number of aliphatic hydroxyl groups is 1. The van der Waals surface area contributed by atoms with E-state index in [9.17, 15) is 9.90 Å². The SMILES string of the molecule is CC(C)CCC[C@@H](C)[C@H]1CC[C@H]2[C@@H]3CC=C4C[C@](O)(C(=O)OCCCl)CC[C@]4(C)[C@H]3CC[C@]12C. The molecule has 4 aliphatic carbocycles. The Balaban J connectivity index is 1.47. The van der Waals surface area contributed by atoms with E-state index in [2.05, 4.69) is 40.7 Å². The predicted octanol–water partition coefficient (Wildman–Crippen LogP) is 7.54. The smallest absolute Gasteiger partial charge is 0.338 e. The van der Waals surface area contributed by atoms with E-state index in [0.717, 1.165) is 42.4 Å². The molecule has 3 nitrogen and oxygen atoms in total. The summed E-state index contributed by atoms with van der Waals surface area (Å²) < 4.78 is 5.25. The standard InChI is InChI=1S/C30H49ClO3/c1-20(2)7-6-8-21(3)24-11-12-25-23-10-9-22-19-30(33,27(32)34-18-17-31)16-15-28(22,4)26(23)13-14-29(24,25)5/h9,20-21,23-26,33H,6-8,10-19H2,1-5H3/t21-,23+,24-,25+,26+,28+,29-,30+/m1/s1. The van der Waals surface area contributed by atoms with Gasteiger partial charge in [0.15, 0.2) is 5.60 Å². The fraction of sp³-hybridized carbons (Fsp3) is 0.900. The molecule has 0 unspecified atom stereocenters. The van der Waals surface area contributed by atoms with Gasteiger partial charge >= 0.3 is 5.97 Å². The molecule has 4 rings (SSSR count). The monoisotopic (exact) mass is 492 g/mol. The number of allylic oxidation sites excluding steroid dienone is 1. The van der Waals surface area contributed by atoms with Crippen LogP contribution in [0.15, 0.2) is 11.6 Å². The van der Waals surface area contributed by atoms with E-state index >= 15 is 0 Å². The Hall–Kier alpha value is -0.540. The second-order valence-electron chi connectivity index (χ2n) is 13.3. The number of carbonyl (C=O) groups is 1. The Kier molecular flexibility index (Phi) is 7.86. The molecule has 0 aromatic rings. The van der Waals surface area contributed by atoms with Crippen LogP contribution in [-0.4, -0.2) is 29.2 Å². The molecule has 0 radical (unpaired) electrons. The zero-order chi connectivity index (χ0) is 24.7. The molecule has 0 saturated heterocycles. The summed E-state index contributed by atoms with van der Waals surface area (Å²) in [6.07, 6.45) is 14.9. The van der Waals surface area contributed by atoms with E-state index in [1.165, 1.54) is 50.5 Å². The average Bonchev–Trinajstić information content (AvgIpc) is 3.15. The third-order valence-electron chi connectivity index (χ3n) is 11.1. The Morgan fingerprint density at radius 2 is 1.88 bits per heavy atom. The number of fused-ring (bicyclic) bond motifs is 5. The minimum atomic E-state index is -1.38. The van der Waals surface area contributed by atoms with Crippen LogP contribution < -0.4 is 0 Å². The molecule has 0 bridgehead atoms. The lowest BCUT2D eigenvalue weighted by atomic mass is 9.46. The van der Waals surface area contributed by atoms with Gasteiger partial charge in [-0.25, -0.2) is 4.79 Å².